The van der Waals surface area contributed by atoms with Crippen LogP contribution in [0.25, 0.3) is 0 Å². The Morgan fingerprint density at radius 3 is 1.13 bits per heavy atom. The first kappa shape index (κ1) is 18.9. The minimum Gasteiger partial charge on any atom is -0.0882 e. The van der Waals surface area contributed by atoms with Gasteiger partial charge in [-0.1, -0.05) is 24.3 Å². The van der Waals surface area contributed by atoms with E-state index in [4.69, 9.17) is 0 Å². The van der Waals surface area contributed by atoms with Gasteiger partial charge in [-0.25, -0.2) is 0 Å². The van der Waals surface area contributed by atoms with E-state index in [1.807, 2.05) is 0 Å². The van der Waals surface area contributed by atoms with Crippen molar-refractivity contribution < 1.29 is 18.6 Å². The van der Waals surface area contributed by atoms with Crippen LogP contribution in [-0.2, 0) is 18.6 Å². The molecule has 0 unspecified atom stereocenters. The number of allylic oxidation sites excluding steroid dienone is 4. The SMILES string of the molecule is Brc1cc[c]([Pt][c]2ccc(Br)cc2)cc1.C1=CCCC=CCC1. The Labute approximate surface area is 164 Å². The predicted octanol–water partition coefficient (Wildman–Crippen LogP) is 5.92. The minimum atomic E-state index is -0.0489. The third kappa shape index (κ3) is 8.29. The van der Waals surface area contributed by atoms with Gasteiger partial charge in [-0.15, -0.1) is 0 Å². The summed E-state index contributed by atoms with van der Waals surface area (Å²) in [6.45, 7) is 0. The molecule has 0 nitrogen and oxygen atoms in total. The van der Waals surface area contributed by atoms with Gasteiger partial charge < -0.3 is 0 Å². The molecule has 23 heavy (non-hydrogen) atoms. The van der Waals surface area contributed by atoms with E-state index in [0.29, 0.717) is 0 Å². The number of hydrogen-bond acceptors (Lipinski definition) is 0. The van der Waals surface area contributed by atoms with Crippen molar-refractivity contribution >= 4 is 39.8 Å². The fourth-order valence-electron chi connectivity index (χ4n) is 1.91. The number of rotatable bonds is 2. The van der Waals surface area contributed by atoms with Crippen LogP contribution in [0.2, 0.25) is 0 Å². The fraction of sp³-hybridized carbons (Fsp3) is 0.200. The van der Waals surface area contributed by atoms with Crippen molar-refractivity contribution in [2.75, 3.05) is 0 Å². The standard InChI is InChI=1S/C8H12.2C6H4Br.Pt/c1-2-4-6-8-7-5-3-1;2*7-6-4-2-1-3-5-6;/h1-2,7-8H,3-6H2;2*2-5H;. The molecule has 3 rings (SSSR count). The Kier molecular flexibility index (Phi) is 9.19. The fourth-order valence-corrected chi connectivity index (χ4v) is 4.71. The van der Waals surface area contributed by atoms with Gasteiger partial charge in [-0.3, -0.25) is 0 Å². The Bertz CT molecular complexity index is 558. The van der Waals surface area contributed by atoms with Crippen molar-refractivity contribution in [3.8, 4) is 0 Å². The second kappa shape index (κ2) is 11.2. The van der Waals surface area contributed by atoms with E-state index in [-0.39, 0.29) is 18.6 Å². The monoisotopic (exact) mass is 613 g/mol. The smallest absolute Gasteiger partial charge is 0.0316 e. The third-order valence-electron chi connectivity index (χ3n) is 3.08. The van der Waals surface area contributed by atoms with Crippen molar-refractivity contribution in [3.05, 3.63) is 81.8 Å². The average Bonchev–Trinajstić information content (AvgIpc) is 2.52. The molecule has 0 saturated carbocycles. The Morgan fingerprint density at radius 2 is 0.826 bits per heavy atom. The van der Waals surface area contributed by atoms with Crippen LogP contribution in [0.3, 0.4) is 0 Å². The molecule has 0 bridgehead atoms. The third-order valence-corrected chi connectivity index (χ3v) is 6.97. The molecule has 0 heterocycles. The normalized spacial score (nSPS) is 13.8. The summed E-state index contributed by atoms with van der Waals surface area (Å²) in [4.78, 5) is 0. The molecule has 0 atom stereocenters. The van der Waals surface area contributed by atoms with Crippen molar-refractivity contribution in [3.63, 3.8) is 0 Å². The Morgan fingerprint density at radius 1 is 0.522 bits per heavy atom. The van der Waals surface area contributed by atoms with Gasteiger partial charge >= 0.3 is 116 Å². The summed E-state index contributed by atoms with van der Waals surface area (Å²) in [5, 5.41) is 0. The van der Waals surface area contributed by atoms with Gasteiger partial charge in [0, 0.05) is 0 Å². The van der Waals surface area contributed by atoms with Gasteiger partial charge in [0.15, 0.2) is 0 Å². The van der Waals surface area contributed by atoms with Crippen molar-refractivity contribution in [2.24, 2.45) is 0 Å². The van der Waals surface area contributed by atoms with Crippen LogP contribution in [0.15, 0.2) is 81.8 Å². The molecule has 2 aromatic carbocycles. The molecule has 0 spiro atoms. The predicted molar refractivity (Wildman–Crippen MR) is 104 cm³/mol. The van der Waals surface area contributed by atoms with Crippen LogP contribution in [0, 0.1) is 0 Å². The zero-order valence-electron chi connectivity index (χ0n) is 12.8. The molecule has 0 aromatic heterocycles. The molecule has 1 aliphatic rings. The summed E-state index contributed by atoms with van der Waals surface area (Å²) < 4.78 is 5.18. The maximum absolute atomic E-state index is 3.45. The van der Waals surface area contributed by atoms with Crippen LogP contribution >= 0.6 is 31.9 Å². The maximum Gasteiger partial charge on any atom is -0.0316 e. The first-order chi connectivity index (χ1) is 11.2. The van der Waals surface area contributed by atoms with Gasteiger partial charge in [0.2, 0.25) is 0 Å². The first-order valence-corrected chi connectivity index (χ1v) is 11.5. The van der Waals surface area contributed by atoms with Gasteiger partial charge in [0.25, 0.3) is 0 Å². The summed E-state index contributed by atoms with van der Waals surface area (Å²) in [5.41, 5.74) is 0. The molecule has 0 fully saturated rings. The van der Waals surface area contributed by atoms with E-state index in [0.717, 1.165) is 8.95 Å². The molecule has 3 heteroatoms. The average molecular weight is 615 g/mol. The van der Waals surface area contributed by atoms with E-state index >= 15 is 0 Å². The quantitative estimate of drug-likeness (QED) is 0.369. The van der Waals surface area contributed by atoms with Crippen LogP contribution in [0.1, 0.15) is 25.7 Å². The molecule has 0 radical (unpaired) electrons. The molecule has 2 aromatic rings. The van der Waals surface area contributed by atoms with Gasteiger partial charge in [-0.2, -0.15) is 0 Å². The summed E-state index contributed by atoms with van der Waals surface area (Å²) in [6.07, 6.45) is 14.0. The Hall–Kier alpha value is -0.432. The van der Waals surface area contributed by atoms with E-state index < -0.39 is 0 Å². The Balaban J connectivity index is 0.000000203. The first-order valence-electron chi connectivity index (χ1n) is 7.64. The maximum atomic E-state index is 3.45. The molecule has 1 aliphatic carbocycles. The molecule has 0 saturated heterocycles. The second-order valence-electron chi connectivity index (χ2n) is 4.98. The van der Waals surface area contributed by atoms with Crippen molar-refractivity contribution in [2.45, 2.75) is 25.7 Å². The van der Waals surface area contributed by atoms with Gasteiger partial charge in [0.05, 0.1) is 0 Å². The van der Waals surface area contributed by atoms with E-state index in [1.54, 1.807) is 0 Å². The summed E-state index contributed by atoms with van der Waals surface area (Å²) in [5.74, 6) is 0. The van der Waals surface area contributed by atoms with Gasteiger partial charge in [0.1, 0.15) is 0 Å². The van der Waals surface area contributed by atoms with Gasteiger partial charge in [-0.05, 0) is 25.7 Å². The molecule has 0 amide bonds. The van der Waals surface area contributed by atoms with E-state index in [2.05, 4.69) is 105 Å². The minimum absolute atomic E-state index is 0.0489. The number of halogens is 2. The van der Waals surface area contributed by atoms with E-state index in [9.17, 15) is 0 Å². The summed E-state index contributed by atoms with van der Waals surface area (Å²) in [6, 6.07) is 17.2. The van der Waals surface area contributed by atoms with Crippen molar-refractivity contribution in [1.82, 2.24) is 0 Å². The number of benzene rings is 2. The largest absolute Gasteiger partial charge is 0.0882 e. The zero-order valence-corrected chi connectivity index (χ0v) is 18.3. The molecular formula is C20H20Br2Pt. The van der Waals surface area contributed by atoms with Crippen molar-refractivity contribution in [1.29, 1.82) is 0 Å². The van der Waals surface area contributed by atoms with Crippen LogP contribution < -0.4 is 7.91 Å². The molecule has 0 N–H and O–H groups in total. The molecular weight excluding hydrogens is 595 g/mol. The molecule has 124 valence electrons. The van der Waals surface area contributed by atoms with Crippen LogP contribution in [0.5, 0.6) is 0 Å². The number of hydrogen-bond donors (Lipinski definition) is 0. The van der Waals surface area contributed by atoms with E-state index in [1.165, 1.54) is 33.6 Å². The summed E-state index contributed by atoms with van der Waals surface area (Å²) >= 11 is 6.84. The molecule has 0 aliphatic heterocycles. The van der Waals surface area contributed by atoms with Crippen LogP contribution in [-0.4, -0.2) is 0 Å². The zero-order chi connectivity index (χ0) is 16.3. The van der Waals surface area contributed by atoms with Crippen LogP contribution in [0.4, 0.5) is 0 Å². The topological polar surface area (TPSA) is 0 Å². The second-order valence-corrected chi connectivity index (χ2v) is 10.0. The summed E-state index contributed by atoms with van der Waals surface area (Å²) in [7, 11) is 0.